The Hall–Kier alpha value is -1.66. The molecular weight excluding hydrogens is 222 g/mol. The summed E-state index contributed by atoms with van der Waals surface area (Å²) in [6, 6.07) is 1.34. The van der Waals surface area contributed by atoms with Crippen LogP contribution < -0.4 is 11.2 Å². The van der Waals surface area contributed by atoms with Gasteiger partial charge in [0.1, 0.15) is 5.56 Å². The first kappa shape index (κ1) is 11.8. The number of hydrogen-bond donors (Lipinski definition) is 2. The molecule has 1 aromatic heterocycles. The highest BCUT2D eigenvalue weighted by Crippen LogP contribution is 2.07. The van der Waals surface area contributed by atoms with Crippen molar-refractivity contribution in [1.82, 2.24) is 9.88 Å². The molecule has 2 rings (SSSR count). The molecule has 0 spiro atoms. The van der Waals surface area contributed by atoms with Crippen molar-refractivity contribution >= 4 is 5.91 Å². The predicted octanol–water partition coefficient (Wildman–Crippen LogP) is -0.825. The maximum atomic E-state index is 12.1. The minimum Gasteiger partial charge on any atom is -0.373 e. The van der Waals surface area contributed by atoms with Crippen molar-refractivity contribution < 1.29 is 9.53 Å². The van der Waals surface area contributed by atoms with Gasteiger partial charge in [-0.15, -0.1) is 0 Å². The highest BCUT2D eigenvalue weighted by molar-refractivity contribution is 5.93. The minimum absolute atomic E-state index is 0.143. The number of nitrogens with two attached hydrogens (primary N) is 1. The molecule has 1 aromatic rings. The van der Waals surface area contributed by atoms with E-state index in [1.165, 1.54) is 18.5 Å². The monoisotopic (exact) mass is 237 g/mol. The van der Waals surface area contributed by atoms with E-state index in [9.17, 15) is 9.59 Å². The molecule has 1 fully saturated rings. The lowest BCUT2D eigenvalue weighted by Crippen LogP contribution is -2.48. The molecule has 1 saturated heterocycles. The van der Waals surface area contributed by atoms with Crippen LogP contribution in [-0.4, -0.2) is 48.1 Å². The number of nitrogens with one attached hydrogen (secondary N) is 1. The molecule has 0 aromatic carbocycles. The smallest absolute Gasteiger partial charge is 0.259 e. The highest BCUT2D eigenvalue weighted by atomic mass is 16.5. The standard InChI is InChI=1S/C11H15N3O3/c12-5-8-7-14(3-4-17-8)11(16)9-6-13-2-1-10(9)15/h1-2,6,8H,3-5,7,12H2,(H,13,15). The predicted molar refractivity (Wildman–Crippen MR) is 61.8 cm³/mol. The van der Waals surface area contributed by atoms with Gasteiger partial charge in [-0.3, -0.25) is 9.59 Å². The van der Waals surface area contributed by atoms with Crippen LogP contribution in [0.5, 0.6) is 0 Å². The summed E-state index contributed by atoms with van der Waals surface area (Å²) >= 11 is 0. The average molecular weight is 237 g/mol. The molecule has 0 radical (unpaired) electrons. The number of nitrogens with zero attached hydrogens (tertiary/aromatic N) is 1. The zero-order valence-electron chi connectivity index (χ0n) is 9.39. The highest BCUT2D eigenvalue weighted by Gasteiger charge is 2.25. The van der Waals surface area contributed by atoms with E-state index in [0.717, 1.165) is 0 Å². The van der Waals surface area contributed by atoms with E-state index in [0.29, 0.717) is 26.2 Å². The van der Waals surface area contributed by atoms with Gasteiger partial charge in [-0.2, -0.15) is 0 Å². The van der Waals surface area contributed by atoms with Crippen molar-refractivity contribution in [3.05, 3.63) is 34.2 Å². The lowest BCUT2D eigenvalue weighted by Gasteiger charge is -2.32. The van der Waals surface area contributed by atoms with E-state index in [1.807, 2.05) is 0 Å². The van der Waals surface area contributed by atoms with Crippen LogP contribution in [0.3, 0.4) is 0 Å². The molecule has 1 unspecified atom stereocenters. The van der Waals surface area contributed by atoms with Gasteiger partial charge in [-0.05, 0) is 0 Å². The van der Waals surface area contributed by atoms with Gasteiger partial charge < -0.3 is 20.4 Å². The van der Waals surface area contributed by atoms with Crippen LogP contribution in [0.4, 0.5) is 0 Å². The quantitative estimate of drug-likeness (QED) is 0.703. The Kier molecular flexibility index (Phi) is 3.55. The molecule has 1 aliphatic heterocycles. The Balaban J connectivity index is 2.15. The second-order valence-electron chi connectivity index (χ2n) is 3.90. The van der Waals surface area contributed by atoms with Crippen LogP contribution in [0, 0.1) is 0 Å². The summed E-state index contributed by atoms with van der Waals surface area (Å²) in [6.07, 6.45) is 2.79. The molecule has 6 heteroatoms. The fraction of sp³-hybridized carbons (Fsp3) is 0.455. The lowest BCUT2D eigenvalue weighted by atomic mass is 10.2. The van der Waals surface area contributed by atoms with E-state index in [4.69, 9.17) is 10.5 Å². The zero-order chi connectivity index (χ0) is 12.3. The third kappa shape index (κ3) is 2.54. The van der Waals surface area contributed by atoms with Gasteiger partial charge in [-0.25, -0.2) is 0 Å². The molecule has 1 aliphatic rings. The lowest BCUT2D eigenvalue weighted by molar-refractivity contribution is -0.0168. The van der Waals surface area contributed by atoms with Gasteiger partial charge in [-0.1, -0.05) is 0 Å². The maximum Gasteiger partial charge on any atom is 0.259 e. The van der Waals surface area contributed by atoms with Crippen LogP contribution in [0.25, 0.3) is 0 Å². The number of pyridine rings is 1. The summed E-state index contributed by atoms with van der Waals surface area (Å²) in [5.74, 6) is -0.270. The summed E-state index contributed by atoms with van der Waals surface area (Å²) in [6.45, 7) is 1.75. The molecule has 0 saturated carbocycles. The second-order valence-corrected chi connectivity index (χ2v) is 3.90. The number of amides is 1. The number of morpholine rings is 1. The van der Waals surface area contributed by atoms with E-state index < -0.39 is 0 Å². The van der Waals surface area contributed by atoms with Crippen molar-refractivity contribution in [2.75, 3.05) is 26.2 Å². The number of carbonyl (C=O) groups excluding carboxylic acids is 1. The van der Waals surface area contributed by atoms with E-state index in [2.05, 4.69) is 4.98 Å². The first-order chi connectivity index (χ1) is 8.22. The van der Waals surface area contributed by atoms with Gasteiger partial charge >= 0.3 is 0 Å². The fourth-order valence-electron chi connectivity index (χ4n) is 1.80. The maximum absolute atomic E-state index is 12.1. The van der Waals surface area contributed by atoms with Gasteiger partial charge in [0.15, 0.2) is 5.43 Å². The Morgan fingerprint density at radius 2 is 2.47 bits per heavy atom. The Labute approximate surface area is 98.4 Å². The summed E-state index contributed by atoms with van der Waals surface area (Å²) in [7, 11) is 0. The van der Waals surface area contributed by atoms with Crippen molar-refractivity contribution in [2.45, 2.75) is 6.10 Å². The van der Waals surface area contributed by atoms with Gasteiger partial charge in [0, 0.05) is 38.1 Å². The van der Waals surface area contributed by atoms with Crippen molar-refractivity contribution in [2.24, 2.45) is 5.73 Å². The molecular formula is C11H15N3O3. The van der Waals surface area contributed by atoms with Crippen molar-refractivity contribution in [3.8, 4) is 0 Å². The van der Waals surface area contributed by atoms with Crippen LogP contribution in [0.1, 0.15) is 10.4 Å². The number of rotatable bonds is 2. The summed E-state index contributed by atoms with van der Waals surface area (Å²) in [5, 5.41) is 0. The molecule has 2 heterocycles. The number of carbonyl (C=O) groups is 1. The molecule has 92 valence electrons. The van der Waals surface area contributed by atoms with Crippen LogP contribution in [-0.2, 0) is 4.74 Å². The van der Waals surface area contributed by atoms with Crippen molar-refractivity contribution in [1.29, 1.82) is 0 Å². The van der Waals surface area contributed by atoms with Gasteiger partial charge in [0.05, 0.1) is 12.7 Å². The largest absolute Gasteiger partial charge is 0.373 e. The number of aromatic amines is 1. The third-order valence-corrected chi connectivity index (χ3v) is 2.74. The first-order valence-electron chi connectivity index (χ1n) is 5.50. The van der Waals surface area contributed by atoms with E-state index >= 15 is 0 Å². The first-order valence-corrected chi connectivity index (χ1v) is 5.50. The Morgan fingerprint density at radius 1 is 1.65 bits per heavy atom. The SMILES string of the molecule is NCC1CN(C(=O)c2c[nH]ccc2=O)CCO1. The normalized spacial score (nSPS) is 20.3. The topological polar surface area (TPSA) is 88.4 Å². The molecule has 6 nitrogen and oxygen atoms in total. The molecule has 17 heavy (non-hydrogen) atoms. The van der Waals surface area contributed by atoms with Gasteiger partial charge in [0.25, 0.3) is 5.91 Å². The van der Waals surface area contributed by atoms with Crippen LogP contribution >= 0.6 is 0 Å². The van der Waals surface area contributed by atoms with Crippen LogP contribution in [0.15, 0.2) is 23.3 Å². The third-order valence-electron chi connectivity index (χ3n) is 2.74. The molecule has 0 bridgehead atoms. The second kappa shape index (κ2) is 5.11. The summed E-state index contributed by atoms with van der Waals surface area (Å²) < 4.78 is 5.37. The van der Waals surface area contributed by atoms with Gasteiger partial charge in [0.2, 0.25) is 0 Å². The Morgan fingerprint density at radius 3 is 3.18 bits per heavy atom. The zero-order valence-corrected chi connectivity index (χ0v) is 9.39. The van der Waals surface area contributed by atoms with E-state index in [-0.39, 0.29) is 23.0 Å². The number of H-pyrrole nitrogens is 1. The molecule has 1 atom stereocenters. The number of hydrogen-bond acceptors (Lipinski definition) is 4. The van der Waals surface area contributed by atoms with Crippen molar-refractivity contribution in [3.63, 3.8) is 0 Å². The minimum atomic E-state index is -0.274. The molecule has 0 aliphatic carbocycles. The Bertz CT molecular complexity index is 457. The fourth-order valence-corrected chi connectivity index (χ4v) is 1.80. The summed E-state index contributed by atoms with van der Waals surface area (Å²) in [5.41, 5.74) is 5.39. The number of aromatic nitrogens is 1. The average Bonchev–Trinajstić information content (AvgIpc) is 2.38. The summed E-state index contributed by atoms with van der Waals surface area (Å²) in [4.78, 5) is 28.0. The molecule has 1 amide bonds. The van der Waals surface area contributed by atoms with Crippen LogP contribution in [0.2, 0.25) is 0 Å². The number of ether oxygens (including phenoxy) is 1. The van der Waals surface area contributed by atoms with E-state index in [1.54, 1.807) is 4.90 Å². The molecule has 3 N–H and O–H groups in total.